The van der Waals surface area contributed by atoms with Crippen LogP contribution < -0.4 is 10.2 Å². The number of rotatable bonds is 7. The van der Waals surface area contributed by atoms with Crippen molar-refractivity contribution in [3.05, 3.63) is 74.3 Å². The van der Waals surface area contributed by atoms with Crippen LogP contribution in [-0.4, -0.2) is 36.4 Å². The molecule has 0 aliphatic carbocycles. The van der Waals surface area contributed by atoms with Crippen LogP contribution in [0.1, 0.15) is 55.2 Å². The fourth-order valence-electron chi connectivity index (χ4n) is 3.98. The van der Waals surface area contributed by atoms with Gasteiger partial charge < -0.3 is 19.2 Å². The topological polar surface area (TPSA) is 68.5 Å². The number of hydrogen-bond acceptors (Lipinski definition) is 4. The van der Waals surface area contributed by atoms with Gasteiger partial charge in [0, 0.05) is 12.6 Å². The Hall–Kier alpha value is -2.64. The monoisotopic (exact) mass is 469 g/mol. The number of hydrogen-bond donors (Lipinski definition) is 1. The van der Waals surface area contributed by atoms with Gasteiger partial charge in [0.1, 0.15) is 17.2 Å². The SMILES string of the molecule is [B]C(=O)c1cn([C@H](CO)C(C)(C)C)c2c(OCC)cc(Cc3cccc(Cl)c3F)cc2c1=O. The van der Waals surface area contributed by atoms with Crippen molar-refractivity contribution in [1.82, 2.24) is 4.57 Å². The minimum atomic E-state index is -0.870. The van der Waals surface area contributed by atoms with Crippen LogP contribution in [0, 0.1) is 11.2 Å². The lowest BCUT2D eigenvalue weighted by Crippen LogP contribution is -2.31. The molecular formula is C25H26BClFNO4. The first-order valence-corrected chi connectivity index (χ1v) is 11.1. The Labute approximate surface area is 198 Å². The quantitative estimate of drug-likeness (QED) is 0.511. The van der Waals surface area contributed by atoms with E-state index in [1.807, 2.05) is 27.7 Å². The number of aliphatic hydroxyl groups is 1. The molecule has 8 heteroatoms. The van der Waals surface area contributed by atoms with E-state index in [-0.39, 0.29) is 29.0 Å². The first-order chi connectivity index (χ1) is 15.5. The Morgan fingerprint density at radius 3 is 2.58 bits per heavy atom. The summed E-state index contributed by atoms with van der Waals surface area (Å²) in [5.74, 6) is -0.142. The molecular weight excluding hydrogens is 444 g/mol. The van der Waals surface area contributed by atoms with E-state index >= 15 is 0 Å². The second kappa shape index (κ2) is 9.70. The maximum atomic E-state index is 14.5. The molecule has 0 fully saturated rings. The van der Waals surface area contributed by atoms with Crippen LogP contribution in [0.2, 0.25) is 5.02 Å². The van der Waals surface area contributed by atoms with Crippen molar-refractivity contribution in [2.24, 2.45) is 5.41 Å². The van der Waals surface area contributed by atoms with Crippen molar-refractivity contribution in [2.75, 3.05) is 13.2 Å². The number of ether oxygens (including phenoxy) is 1. The Balaban J connectivity index is 2.37. The molecule has 0 amide bonds. The lowest BCUT2D eigenvalue weighted by molar-refractivity contribution is 0.107. The fourth-order valence-corrected chi connectivity index (χ4v) is 4.18. The summed E-state index contributed by atoms with van der Waals surface area (Å²) in [7, 11) is 5.51. The molecule has 0 bridgehead atoms. The molecule has 2 radical (unpaired) electrons. The molecule has 0 saturated heterocycles. The van der Waals surface area contributed by atoms with Gasteiger partial charge in [0.25, 0.3) is 0 Å². The molecule has 0 spiro atoms. The van der Waals surface area contributed by atoms with E-state index < -0.39 is 28.4 Å². The molecule has 172 valence electrons. The molecule has 1 aromatic heterocycles. The van der Waals surface area contributed by atoms with Crippen LogP contribution in [-0.2, 0) is 6.42 Å². The number of carbonyl (C=O) groups excluding carboxylic acids is 1. The molecule has 3 rings (SSSR count). The lowest BCUT2D eigenvalue weighted by atomic mass is 9.85. The van der Waals surface area contributed by atoms with E-state index in [1.54, 1.807) is 28.8 Å². The van der Waals surface area contributed by atoms with E-state index in [4.69, 9.17) is 24.2 Å². The molecule has 0 aliphatic heterocycles. The van der Waals surface area contributed by atoms with Gasteiger partial charge in [0.15, 0.2) is 13.3 Å². The summed E-state index contributed by atoms with van der Waals surface area (Å²) in [5, 5.41) is 10.4. The average Bonchev–Trinajstić information content (AvgIpc) is 2.72. The Morgan fingerprint density at radius 2 is 2.00 bits per heavy atom. The second-order valence-electron chi connectivity index (χ2n) is 9.02. The van der Waals surface area contributed by atoms with E-state index in [0.717, 1.165) is 0 Å². The van der Waals surface area contributed by atoms with Gasteiger partial charge in [-0.05, 0) is 41.7 Å². The maximum Gasteiger partial charge on any atom is 0.199 e. The predicted molar refractivity (Wildman–Crippen MR) is 129 cm³/mol. The maximum absolute atomic E-state index is 14.5. The molecule has 33 heavy (non-hydrogen) atoms. The number of fused-ring (bicyclic) bond motifs is 1. The summed E-state index contributed by atoms with van der Waals surface area (Å²) in [6, 6.07) is 7.61. The highest BCUT2D eigenvalue weighted by Crippen LogP contribution is 2.36. The van der Waals surface area contributed by atoms with Gasteiger partial charge in [-0.15, -0.1) is 0 Å². The summed E-state index contributed by atoms with van der Waals surface area (Å²) in [6.45, 7) is 7.72. The zero-order valence-corrected chi connectivity index (χ0v) is 19.9. The summed E-state index contributed by atoms with van der Waals surface area (Å²) in [4.78, 5) is 25.3. The molecule has 0 saturated carbocycles. The normalized spacial score (nSPS) is 12.7. The van der Waals surface area contributed by atoms with E-state index in [2.05, 4.69) is 0 Å². The van der Waals surface area contributed by atoms with Crippen LogP contribution >= 0.6 is 11.6 Å². The molecule has 2 aromatic carbocycles. The molecule has 1 atom stereocenters. The van der Waals surface area contributed by atoms with Crippen molar-refractivity contribution in [3.63, 3.8) is 0 Å². The highest BCUT2D eigenvalue weighted by Gasteiger charge is 2.29. The van der Waals surface area contributed by atoms with Crippen LogP contribution in [0.15, 0.2) is 41.3 Å². The smallest absolute Gasteiger partial charge is 0.199 e. The lowest BCUT2D eigenvalue weighted by Gasteiger charge is -2.33. The van der Waals surface area contributed by atoms with Crippen molar-refractivity contribution < 1.29 is 19.0 Å². The summed E-state index contributed by atoms with van der Waals surface area (Å²) < 4.78 is 22.1. The number of aromatic nitrogens is 1. The Morgan fingerprint density at radius 1 is 1.30 bits per heavy atom. The van der Waals surface area contributed by atoms with Gasteiger partial charge in [-0.1, -0.05) is 44.5 Å². The largest absolute Gasteiger partial charge is 0.492 e. The van der Waals surface area contributed by atoms with Crippen molar-refractivity contribution in [2.45, 2.75) is 40.2 Å². The molecule has 0 aliphatic rings. The van der Waals surface area contributed by atoms with Crippen molar-refractivity contribution >= 4 is 36.0 Å². The standard InChI is InChI=1S/C25H26BClFNO4/c1-5-33-19-11-14(9-15-7-6-8-18(27)21(15)28)10-16-22(19)29(20(13-30)25(2,3)4)12-17(23(16)31)24(26)32/h6-8,10-12,20,30H,5,9,13H2,1-4H3/t20-/m1/s1. The highest BCUT2D eigenvalue weighted by molar-refractivity contribution is 6.62. The number of pyridine rings is 1. The van der Waals surface area contributed by atoms with Gasteiger partial charge >= 0.3 is 0 Å². The first kappa shape index (κ1) is 25.0. The van der Waals surface area contributed by atoms with Gasteiger partial charge in [-0.25, -0.2) is 4.39 Å². The Bertz CT molecular complexity index is 1270. The zero-order chi connectivity index (χ0) is 24.5. The number of nitrogens with zero attached hydrogens (tertiary/aromatic N) is 1. The van der Waals surface area contributed by atoms with Crippen LogP contribution in [0.3, 0.4) is 0 Å². The molecule has 5 nitrogen and oxygen atoms in total. The third kappa shape index (κ3) is 4.99. The third-order valence-corrected chi connectivity index (χ3v) is 5.94. The molecule has 1 N–H and O–H groups in total. The van der Waals surface area contributed by atoms with Gasteiger partial charge in [-0.3, -0.25) is 4.79 Å². The third-order valence-electron chi connectivity index (χ3n) is 5.65. The van der Waals surface area contributed by atoms with Gasteiger partial charge in [-0.2, -0.15) is 0 Å². The molecule has 0 unspecified atom stereocenters. The molecule has 1 heterocycles. The summed E-state index contributed by atoms with van der Waals surface area (Å²) in [6.07, 6.45) is 1.54. The first-order valence-electron chi connectivity index (χ1n) is 10.7. The fraction of sp³-hybridized carbons (Fsp3) is 0.360. The highest BCUT2D eigenvalue weighted by atomic mass is 35.5. The summed E-state index contributed by atoms with van der Waals surface area (Å²) in [5.41, 5.74) is -0.626. The molecule has 3 aromatic rings. The summed E-state index contributed by atoms with van der Waals surface area (Å²) >= 11 is 5.92. The predicted octanol–water partition coefficient (Wildman–Crippen LogP) is 4.67. The second-order valence-corrected chi connectivity index (χ2v) is 9.43. The number of aliphatic hydroxyl groups excluding tert-OH is 1. The van der Waals surface area contributed by atoms with Crippen LogP contribution in [0.4, 0.5) is 4.39 Å². The minimum Gasteiger partial charge on any atom is -0.492 e. The zero-order valence-electron chi connectivity index (χ0n) is 19.1. The van der Waals surface area contributed by atoms with E-state index in [1.165, 1.54) is 12.3 Å². The number of benzene rings is 2. The average molecular weight is 470 g/mol. The van der Waals surface area contributed by atoms with E-state index in [0.29, 0.717) is 29.0 Å². The Kier molecular flexibility index (Phi) is 7.34. The van der Waals surface area contributed by atoms with Gasteiger partial charge in [0.2, 0.25) is 0 Å². The number of carbonyl (C=O) groups is 1. The van der Waals surface area contributed by atoms with Crippen molar-refractivity contribution in [3.8, 4) is 5.75 Å². The van der Waals surface area contributed by atoms with E-state index in [9.17, 15) is 19.1 Å². The van der Waals surface area contributed by atoms with Gasteiger partial charge in [0.05, 0.1) is 40.7 Å². The minimum absolute atomic E-state index is 0.00709. The van der Waals surface area contributed by atoms with Crippen LogP contribution in [0.5, 0.6) is 5.75 Å². The van der Waals surface area contributed by atoms with Crippen LogP contribution in [0.25, 0.3) is 10.9 Å². The van der Waals surface area contributed by atoms with Crippen molar-refractivity contribution in [1.29, 1.82) is 0 Å². The number of halogens is 2.